The maximum absolute atomic E-state index is 11.7. The number of nitrogens with zero attached hydrogens (tertiary/aromatic N) is 2. The Hall–Kier alpha value is -3.22. The molecule has 1 aromatic heterocycles. The van der Waals surface area contributed by atoms with E-state index in [0.717, 1.165) is 5.69 Å². The summed E-state index contributed by atoms with van der Waals surface area (Å²) in [6, 6.07) is 7.15. The molecule has 0 atom stereocenters. The SMILES string of the molecule is C=CCNC(=O)c1cnc(Nc2cccc(NC(C)=O)c2)nc1. The largest absolute Gasteiger partial charge is 0.348 e. The third kappa shape index (κ3) is 4.92. The first-order valence-corrected chi connectivity index (χ1v) is 6.94. The van der Waals surface area contributed by atoms with Crippen LogP contribution in [0.1, 0.15) is 17.3 Å². The lowest BCUT2D eigenvalue weighted by Crippen LogP contribution is -2.23. The van der Waals surface area contributed by atoms with Crippen molar-refractivity contribution in [3.63, 3.8) is 0 Å². The zero-order valence-electron chi connectivity index (χ0n) is 12.7. The fraction of sp³-hybridized carbons (Fsp3) is 0.125. The second-order valence-corrected chi connectivity index (χ2v) is 4.68. The minimum absolute atomic E-state index is 0.145. The summed E-state index contributed by atoms with van der Waals surface area (Å²) in [6.45, 7) is 5.36. The molecule has 2 amide bonds. The normalized spacial score (nSPS) is 9.78. The molecule has 0 fully saturated rings. The van der Waals surface area contributed by atoms with Crippen molar-refractivity contribution in [1.82, 2.24) is 15.3 Å². The summed E-state index contributed by atoms with van der Waals surface area (Å²) in [5, 5.41) is 8.35. The van der Waals surface area contributed by atoms with E-state index in [9.17, 15) is 9.59 Å². The maximum atomic E-state index is 11.7. The van der Waals surface area contributed by atoms with Crippen molar-refractivity contribution < 1.29 is 9.59 Å². The van der Waals surface area contributed by atoms with E-state index in [1.807, 2.05) is 6.07 Å². The highest BCUT2D eigenvalue weighted by molar-refractivity contribution is 5.93. The topological polar surface area (TPSA) is 96.0 Å². The van der Waals surface area contributed by atoms with Gasteiger partial charge in [-0.1, -0.05) is 12.1 Å². The molecule has 2 rings (SSSR count). The molecular weight excluding hydrogens is 294 g/mol. The molecule has 2 aromatic rings. The van der Waals surface area contributed by atoms with E-state index >= 15 is 0 Å². The van der Waals surface area contributed by atoms with Crippen LogP contribution >= 0.6 is 0 Å². The summed E-state index contributed by atoms with van der Waals surface area (Å²) in [5.74, 6) is -0.0531. The maximum Gasteiger partial charge on any atom is 0.254 e. The van der Waals surface area contributed by atoms with Gasteiger partial charge < -0.3 is 16.0 Å². The fourth-order valence-corrected chi connectivity index (χ4v) is 1.78. The van der Waals surface area contributed by atoms with Gasteiger partial charge in [-0.2, -0.15) is 0 Å². The Morgan fingerprint density at radius 1 is 1.22 bits per heavy atom. The first-order chi connectivity index (χ1) is 11.1. The van der Waals surface area contributed by atoms with Crippen LogP contribution in [0.5, 0.6) is 0 Å². The van der Waals surface area contributed by atoms with Crippen molar-refractivity contribution in [2.24, 2.45) is 0 Å². The summed E-state index contributed by atoms with van der Waals surface area (Å²) in [5.41, 5.74) is 1.76. The Labute approximate surface area is 133 Å². The number of hydrogen-bond acceptors (Lipinski definition) is 5. The van der Waals surface area contributed by atoms with Crippen LogP contribution in [0.3, 0.4) is 0 Å². The predicted octanol–water partition coefficient (Wildman–Crippen LogP) is 2.09. The Kier molecular flexibility index (Phi) is 5.40. The van der Waals surface area contributed by atoms with Crippen LogP contribution in [0.15, 0.2) is 49.3 Å². The standard InChI is InChI=1S/C16H17N5O2/c1-3-7-17-15(23)12-9-18-16(19-10-12)21-14-6-4-5-13(8-14)20-11(2)22/h3-6,8-10H,1,7H2,2H3,(H,17,23)(H,20,22)(H,18,19,21). The summed E-state index contributed by atoms with van der Waals surface area (Å²) in [4.78, 5) is 31.0. The monoisotopic (exact) mass is 311 g/mol. The number of aromatic nitrogens is 2. The van der Waals surface area contributed by atoms with Crippen molar-refractivity contribution >= 4 is 29.1 Å². The summed E-state index contributed by atoms with van der Waals surface area (Å²) in [6.07, 6.45) is 4.47. The molecule has 0 saturated heterocycles. The quantitative estimate of drug-likeness (QED) is 0.710. The lowest BCUT2D eigenvalue weighted by molar-refractivity contribution is -0.114. The average Bonchev–Trinajstić information content (AvgIpc) is 2.53. The third-order valence-electron chi connectivity index (χ3n) is 2.76. The molecule has 0 aliphatic heterocycles. The summed E-state index contributed by atoms with van der Waals surface area (Å²) < 4.78 is 0. The van der Waals surface area contributed by atoms with Crippen LogP contribution in [-0.2, 0) is 4.79 Å². The molecule has 0 saturated carbocycles. The molecule has 0 aliphatic rings. The van der Waals surface area contributed by atoms with Crippen LogP contribution in [0.2, 0.25) is 0 Å². The van der Waals surface area contributed by atoms with Crippen LogP contribution in [0.25, 0.3) is 0 Å². The lowest BCUT2D eigenvalue weighted by Gasteiger charge is -2.08. The fourth-order valence-electron chi connectivity index (χ4n) is 1.78. The Balaban J connectivity index is 2.04. The van der Waals surface area contributed by atoms with Gasteiger partial charge in [0, 0.05) is 37.2 Å². The van der Waals surface area contributed by atoms with Crippen molar-refractivity contribution in [2.75, 3.05) is 17.2 Å². The molecule has 1 heterocycles. The van der Waals surface area contributed by atoms with Crippen molar-refractivity contribution in [1.29, 1.82) is 0 Å². The molecule has 3 N–H and O–H groups in total. The second kappa shape index (κ2) is 7.69. The summed E-state index contributed by atoms with van der Waals surface area (Å²) >= 11 is 0. The minimum Gasteiger partial charge on any atom is -0.348 e. The van der Waals surface area contributed by atoms with Gasteiger partial charge in [-0.05, 0) is 18.2 Å². The van der Waals surface area contributed by atoms with Crippen molar-refractivity contribution in [3.8, 4) is 0 Å². The van der Waals surface area contributed by atoms with Crippen LogP contribution in [0.4, 0.5) is 17.3 Å². The zero-order chi connectivity index (χ0) is 16.7. The number of amides is 2. The highest BCUT2D eigenvalue weighted by Gasteiger charge is 2.06. The van der Waals surface area contributed by atoms with Gasteiger partial charge in [-0.15, -0.1) is 6.58 Å². The van der Waals surface area contributed by atoms with E-state index in [1.54, 1.807) is 24.3 Å². The Morgan fingerprint density at radius 2 is 1.91 bits per heavy atom. The van der Waals surface area contributed by atoms with Crippen LogP contribution in [-0.4, -0.2) is 28.3 Å². The highest BCUT2D eigenvalue weighted by Crippen LogP contribution is 2.17. The predicted molar refractivity (Wildman–Crippen MR) is 88.6 cm³/mol. The summed E-state index contributed by atoms with van der Waals surface area (Å²) in [7, 11) is 0. The van der Waals surface area contributed by atoms with E-state index in [4.69, 9.17) is 0 Å². The smallest absolute Gasteiger partial charge is 0.254 e. The number of carbonyl (C=O) groups is 2. The minimum atomic E-state index is -0.260. The number of rotatable bonds is 6. The van der Waals surface area contributed by atoms with E-state index in [2.05, 4.69) is 32.5 Å². The van der Waals surface area contributed by atoms with E-state index in [1.165, 1.54) is 19.3 Å². The van der Waals surface area contributed by atoms with E-state index in [0.29, 0.717) is 23.7 Å². The van der Waals surface area contributed by atoms with Gasteiger partial charge in [0.2, 0.25) is 11.9 Å². The average molecular weight is 311 g/mol. The van der Waals surface area contributed by atoms with Gasteiger partial charge in [-0.25, -0.2) is 9.97 Å². The molecule has 0 bridgehead atoms. The number of carbonyl (C=O) groups excluding carboxylic acids is 2. The molecule has 118 valence electrons. The van der Waals surface area contributed by atoms with Crippen LogP contribution in [0, 0.1) is 0 Å². The van der Waals surface area contributed by atoms with Gasteiger partial charge in [0.1, 0.15) is 0 Å². The molecule has 23 heavy (non-hydrogen) atoms. The molecule has 1 aromatic carbocycles. The number of anilines is 3. The number of nitrogens with one attached hydrogen (secondary N) is 3. The second-order valence-electron chi connectivity index (χ2n) is 4.68. The molecule has 0 aliphatic carbocycles. The van der Waals surface area contributed by atoms with Crippen molar-refractivity contribution in [3.05, 3.63) is 54.9 Å². The number of benzene rings is 1. The van der Waals surface area contributed by atoms with Gasteiger partial charge in [-0.3, -0.25) is 9.59 Å². The van der Waals surface area contributed by atoms with Gasteiger partial charge >= 0.3 is 0 Å². The molecule has 0 unspecified atom stereocenters. The molecular formula is C16H17N5O2. The van der Waals surface area contributed by atoms with Gasteiger partial charge in [0.05, 0.1) is 5.56 Å². The molecule has 7 heteroatoms. The Morgan fingerprint density at radius 3 is 2.57 bits per heavy atom. The molecule has 0 radical (unpaired) electrons. The Bertz CT molecular complexity index is 713. The van der Waals surface area contributed by atoms with E-state index in [-0.39, 0.29) is 11.8 Å². The first-order valence-electron chi connectivity index (χ1n) is 6.94. The van der Waals surface area contributed by atoms with Crippen molar-refractivity contribution in [2.45, 2.75) is 6.92 Å². The first kappa shape index (κ1) is 16.2. The highest BCUT2D eigenvalue weighted by atomic mass is 16.2. The zero-order valence-corrected chi connectivity index (χ0v) is 12.7. The van der Waals surface area contributed by atoms with Crippen LogP contribution < -0.4 is 16.0 Å². The van der Waals surface area contributed by atoms with Gasteiger partial charge in [0.15, 0.2) is 0 Å². The number of hydrogen-bond donors (Lipinski definition) is 3. The lowest BCUT2D eigenvalue weighted by atomic mass is 10.2. The third-order valence-corrected chi connectivity index (χ3v) is 2.76. The van der Waals surface area contributed by atoms with E-state index < -0.39 is 0 Å². The van der Waals surface area contributed by atoms with Gasteiger partial charge in [0.25, 0.3) is 5.91 Å². The molecule has 0 spiro atoms. The molecule has 7 nitrogen and oxygen atoms in total.